The number of amides is 1. The van der Waals surface area contributed by atoms with Crippen LogP contribution in [0.3, 0.4) is 0 Å². The molecule has 7 heteroatoms. The number of carbonyl (C=O) groups is 1. The average Bonchev–Trinajstić information content (AvgIpc) is 3.13. The first kappa shape index (κ1) is 15.1. The van der Waals surface area contributed by atoms with Crippen LogP contribution in [-0.2, 0) is 0 Å². The van der Waals surface area contributed by atoms with E-state index in [1.54, 1.807) is 11.0 Å². The Kier molecular flexibility index (Phi) is 3.33. The van der Waals surface area contributed by atoms with Crippen LogP contribution in [0.4, 0.5) is 8.78 Å². The van der Waals surface area contributed by atoms with Gasteiger partial charge in [-0.3, -0.25) is 9.59 Å². The van der Waals surface area contributed by atoms with Crippen LogP contribution in [0.1, 0.15) is 41.3 Å². The van der Waals surface area contributed by atoms with Gasteiger partial charge in [0.2, 0.25) is 5.76 Å². The quantitative estimate of drug-likeness (QED) is 0.918. The molecule has 24 heavy (non-hydrogen) atoms. The average molecular weight is 334 g/mol. The number of hydrogen-bond donors (Lipinski definition) is 1. The van der Waals surface area contributed by atoms with E-state index in [-0.39, 0.29) is 23.6 Å². The van der Waals surface area contributed by atoms with Crippen LogP contribution >= 0.6 is 0 Å². The minimum absolute atomic E-state index is 0.0603. The predicted molar refractivity (Wildman–Crippen MR) is 80.6 cm³/mol. The molecule has 1 aliphatic carbocycles. The number of halogens is 2. The molecule has 1 aromatic heterocycles. The molecular weight excluding hydrogens is 318 g/mol. The van der Waals surface area contributed by atoms with Crippen molar-refractivity contribution in [1.29, 1.82) is 0 Å². The Balaban J connectivity index is 1.67. The Labute approximate surface area is 136 Å². The number of likely N-dealkylation sites (tertiary alicyclic amines) is 1. The number of aromatic amines is 1. The molecule has 2 fully saturated rings. The molecule has 1 spiro atoms. The van der Waals surface area contributed by atoms with Gasteiger partial charge >= 0.3 is 0 Å². The number of benzene rings is 1. The van der Waals surface area contributed by atoms with Gasteiger partial charge in [-0.25, -0.2) is 8.78 Å². The molecule has 1 N–H and O–H groups in total. The summed E-state index contributed by atoms with van der Waals surface area (Å²) in [5, 5.41) is 2.09. The van der Waals surface area contributed by atoms with Crippen LogP contribution in [0.2, 0.25) is 0 Å². The largest absolute Gasteiger partial charge is 0.373 e. The zero-order chi connectivity index (χ0) is 16.9. The minimum Gasteiger partial charge on any atom is -0.373 e. The third kappa shape index (κ3) is 2.18. The second-order valence-corrected chi connectivity index (χ2v) is 6.67. The Hall–Kier alpha value is -2.44. The van der Waals surface area contributed by atoms with Gasteiger partial charge in [-0.2, -0.15) is 5.16 Å². The Bertz CT molecular complexity index is 854. The fourth-order valence-corrected chi connectivity index (χ4v) is 4.02. The lowest BCUT2D eigenvalue weighted by Gasteiger charge is -2.43. The van der Waals surface area contributed by atoms with Crippen molar-refractivity contribution < 1.29 is 18.1 Å². The summed E-state index contributed by atoms with van der Waals surface area (Å²) in [7, 11) is 0. The minimum atomic E-state index is -0.872. The Morgan fingerprint density at radius 3 is 2.75 bits per heavy atom. The molecule has 5 nitrogen and oxygen atoms in total. The molecule has 1 amide bonds. The van der Waals surface area contributed by atoms with Gasteiger partial charge < -0.3 is 9.42 Å². The van der Waals surface area contributed by atoms with Gasteiger partial charge in [0.15, 0.2) is 11.6 Å². The highest BCUT2D eigenvalue weighted by atomic mass is 19.2. The summed E-state index contributed by atoms with van der Waals surface area (Å²) in [6.07, 6.45) is 2.75. The molecule has 1 atom stereocenters. The van der Waals surface area contributed by atoms with Gasteiger partial charge in [0.25, 0.3) is 11.5 Å². The maximum Gasteiger partial charge on any atom is 0.292 e. The first-order valence-corrected chi connectivity index (χ1v) is 7.92. The Morgan fingerprint density at radius 1 is 1.33 bits per heavy atom. The first-order chi connectivity index (χ1) is 11.5. The van der Waals surface area contributed by atoms with Crippen LogP contribution < -0.4 is 5.56 Å². The van der Waals surface area contributed by atoms with Gasteiger partial charge in [0.1, 0.15) is 0 Å². The summed E-state index contributed by atoms with van der Waals surface area (Å²) in [4.78, 5) is 25.3. The number of hydrogen-bond acceptors (Lipinski definition) is 3. The highest BCUT2D eigenvalue weighted by molar-refractivity contribution is 5.91. The van der Waals surface area contributed by atoms with Gasteiger partial charge in [0, 0.05) is 19.0 Å². The van der Waals surface area contributed by atoms with Crippen molar-refractivity contribution in [3.8, 4) is 0 Å². The number of aromatic nitrogens is 1. The second-order valence-electron chi connectivity index (χ2n) is 6.67. The monoisotopic (exact) mass is 334 g/mol. The van der Waals surface area contributed by atoms with Gasteiger partial charge in [-0.05, 0) is 29.9 Å². The third-order valence-corrected chi connectivity index (χ3v) is 5.38. The fraction of sp³-hybridized carbons (Fsp3) is 0.412. The van der Waals surface area contributed by atoms with Crippen LogP contribution in [0.5, 0.6) is 0 Å². The van der Waals surface area contributed by atoms with E-state index in [0.29, 0.717) is 12.1 Å². The van der Waals surface area contributed by atoms with E-state index in [1.165, 1.54) is 6.07 Å². The van der Waals surface area contributed by atoms with Crippen molar-refractivity contribution in [3.63, 3.8) is 0 Å². The molecule has 1 aromatic carbocycles. The lowest BCUT2D eigenvalue weighted by Crippen LogP contribution is -2.38. The van der Waals surface area contributed by atoms with E-state index in [0.717, 1.165) is 31.4 Å². The predicted octanol–water partition coefficient (Wildman–Crippen LogP) is 2.66. The zero-order valence-electron chi connectivity index (χ0n) is 12.9. The van der Waals surface area contributed by atoms with Gasteiger partial charge in [-0.1, -0.05) is 18.6 Å². The first-order valence-electron chi connectivity index (χ1n) is 7.92. The van der Waals surface area contributed by atoms with E-state index in [9.17, 15) is 18.4 Å². The van der Waals surface area contributed by atoms with Crippen LogP contribution in [0.25, 0.3) is 0 Å². The van der Waals surface area contributed by atoms with Crippen LogP contribution in [0, 0.1) is 17.0 Å². The number of carbonyl (C=O) groups excluding carboxylic acids is 1. The van der Waals surface area contributed by atoms with Crippen molar-refractivity contribution >= 4 is 5.91 Å². The zero-order valence-corrected chi connectivity index (χ0v) is 12.9. The van der Waals surface area contributed by atoms with Gasteiger partial charge in [0.05, 0.1) is 6.07 Å². The summed E-state index contributed by atoms with van der Waals surface area (Å²) >= 11 is 0. The number of rotatable bonds is 2. The number of nitrogens with one attached hydrogen (secondary N) is 1. The SMILES string of the molecule is O=C(c1cc(=O)[nH]o1)N1CC(c2cccc(F)c2F)C2(CCC2)C1. The summed E-state index contributed by atoms with van der Waals surface area (Å²) in [6.45, 7) is 0.745. The highest BCUT2D eigenvalue weighted by Crippen LogP contribution is 2.56. The van der Waals surface area contributed by atoms with Crippen LogP contribution in [0.15, 0.2) is 33.6 Å². The van der Waals surface area contributed by atoms with Crippen molar-refractivity contribution in [3.05, 3.63) is 57.6 Å². The van der Waals surface area contributed by atoms with Crippen molar-refractivity contribution in [2.75, 3.05) is 13.1 Å². The number of H-pyrrole nitrogens is 1. The van der Waals surface area contributed by atoms with Crippen LogP contribution in [-0.4, -0.2) is 29.1 Å². The molecule has 126 valence electrons. The maximum absolute atomic E-state index is 14.3. The van der Waals surface area contributed by atoms with E-state index in [2.05, 4.69) is 5.16 Å². The molecular formula is C17H16F2N2O3. The van der Waals surface area contributed by atoms with Gasteiger partial charge in [-0.15, -0.1) is 0 Å². The third-order valence-electron chi connectivity index (χ3n) is 5.38. The summed E-state index contributed by atoms with van der Waals surface area (Å²) in [6, 6.07) is 5.29. The Morgan fingerprint density at radius 2 is 2.12 bits per heavy atom. The molecule has 0 radical (unpaired) electrons. The molecule has 2 aromatic rings. The van der Waals surface area contributed by atoms with Crippen molar-refractivity contribution in [2.24, 2.45) is 5.41 Å². The molecule has 1 saturated heterocycles. The molecule has 1 unspecified atom stereocenters. The van der Waals surface area contributed by atoms with E-state index in [1.807, 2.05) is 0 Å². The molecule has 4 rings (SSSR count). The highest BCUT2D eigenvalue weighted by Gasteiger charge is 2.53. The van der Waals surface area contributed by atoms with Crippen molar-refractivity contribution in [1.82, 2.24) is 10.1 Å². The lowest BCUT2D eigenvalue weighted by atomic mass is 9.61. The maximum atomic E-state index is 14.3. The molecule has 1 saturated carbocycles. The molecule has 0 bridgehead atoms. The standard InChI is InChI=1S/C17H16F2N2O3/c18-12-4-1-3-10(15(12)19)11-8-21(9-17(11)5-2-6-17)16(23)13-7-14(22)20-24-13/h1,3-4,7,11H,2,5-6,8-9H2,(H,20,22). The lowest BCUT2D eigenvalue weighted by molar-refractivity contribution is 0.0686. The smallest absolute Gasteiger partial charge is 0.292 e. The summed E-state index contributed by atoms with van der Waals surface area (Å²) in [5.41, 5.74) is -0.384. The molecule has 1 aliphatic heterocycles. The van der Waals surface area contributed by atoms with E-state index >= 15 is 0 Å². The summed E-state index contributed by atoms with van der Waals surface area (Å²) in [5.74, 6) is -2.43. The van der Waals surface area contributed by atoms with E-state index in [4.69, 9.17) is 4.52 Å². The fourth-order valence-electron chi connectivity index (χ4n) is 4.02. The van der Waals surface area contributed by atoms with Crippen molar-refractivity contribution in [2.45, 2.75) is 25.2 Å². The van der Waals surface area contributed by atoms with E-state index < -0.39 is 23.1 Å². The molecule has 2 aliphatic rings. The molecule has 2 heterocycles. The normalized spacial score (nSPS) is 21.9. The second kappa shape index (κ2) is 5.29. The number of nitrogens with zero attached hydrogens (tertiary/aromatic N) is 1. The topological polar surface area (TPSA) is 66.3 Å². The summed E-state index contributed by atoms with van der Waals surface area (Å²) < 4.78 is 32.8.